The maximum absolute atomic E-state index is 12.4. The summed E-state index contributed by atoms with van der Waals surface area (Å²) < 4.78 is 16.1. The maximum atomic E-state index is 12.4. The van der Waals surface area contributed by atoms with Crippen molar-refractivity contribution >= 4 is 11.6 Å². The molecule has 0 saturated carbocycles. The van der Waals surface area contributed by atoms with Gasteiger partial charge in [-0.2, -0.15) is 5.10 Å². The maximum Gasteiger partial charge on any atom is 0.271 e. The van der Waals surface area contributed by atoms with Gasteiger partial charge in [-0.25, -0.2) is 5.43 Å². The fourth-order valence-electron chi connectivity index (χ4n) is 3.21. The van der Waals surface area contributed by atoms with E-state index in [1.807, 2.05) is 19.1 Å². The molecule has 0 spiro atoms. The topological polar surface area (TPSA) is 73.6 Å². The van der Waals surface area contributed by atoms with Crippen molar-refractivity contribution in [2.75, 3.05) is 27.0 Å². The quantitative estimate of drug-likeness (QED) is 0.527. The van der Waals surface area contributed by atoms with Gasteiger partial charge in [0.15, 0.2) is 11.5 Å². The molecule has 1 aliphatic heterocycles. The van der Waals surface area contributed by atoms with Gasteiger partial charge in [0, 0.05) is 11.1 Å². The first-order valence-corrected chi connectivity index (χ1v) is 9.80. The number of methoxy groups -OCH3 is 1. The highest BCUT2D eigenvalue weighted by atomic mass is 16.7. The molecule has 0 bridgehead atoms. The van der Waals surface area contributed by atoms with Gasteiger partial charge in [-0.05, 0) is 62.7 Å². The first kappa shape index (κ1) is 20.7. The largest absolute Gasteiger partial charge is 0.496 e. The average Bonchev–Trinajstić information content (AvgIpc) is 3.23. The number of nitrogens with zero attached hydrogens (tertiary/aromatic N) is 1. The van der Waals surface area contributed by atoms with Crippen LogP contribution in [-0.2, 0) is 6.54 Å². The number of ether oxygens (including phenoxy) is 3. The van der Waals surface area contributed by atoms with Crippen LogP contribution >= 0.6 is 0 Å². The van der Waals surface area contributed by atoms with E-state index >= 15 is 0 Å². The molecule has 0 aromatic heterocycles. The van der Waals surface area contributed by atoms with Crippen LogP contribution in [0.4, 0.5) is 0 Å². The molecular formula is C22H28N3O4+. The summed E-state index contributed by atoms with van der Waals surface area (Å²) in [6.45, 7) is 9.36. The third-order valence-corrected chi connectivity index (χ3v) is 5.10. The Morgan fingerprint density at radius 1 is 1.10 bits per heavy atom. The summed E-state index contributed by atoms with van der Waals surface area (Å²) in [6.07, 6.45) is 0. The van der Waals surface area contributed by atoms with E-state index in [2.05, 4.69) is 30.4 Å². The lowest BCUT2D eigenvalue weighted by Gasteiger charge is -2.18. The number of hydrogen-bond donors (Lipinski definition) is 2. The van der Waals surface area contributed by atoms with Crippen LogP contribution in [0.2, 0.25) is 0 Å². The Morgan fingerprint density at radius 2 is 1.83 bits per heavy atom. The molecule has 0 radical (unpaired) electrons. The van der Waals surface area contributed by atoms with Crippen molar-refractivity contribution in [3.05, 3.63) is 53.1 Å². The number of carbonyl (C=O) groups excluding carboxylic acids is 1. The molecule has 0 unspecified atom stereocenters. The summed E-state index contributed by atoms with van der Waals surface area (Å²) >= 11 is 0. The zero-order valence-corrected chi connectivity index (χ0v) is 17.4. The Morgan fingerprint density at radius 3 is 2.55 bits per heavy atom. The van der Waals surface area contributed by atoms with Gasteiger partial charge in [-0.15, -0.1) is 0 Å². The first-order chi connectivity index (χ1) is 14.0. The van der Waals surface area contributed by atoms with E-state index in [9.17, 15) is 4.79 Å². The second-order valence-electron chi connectivity index (χ2n) is 6.87. The normalized spacial score (nSPS) is 12.9. The highest BCUT2D eigenvalue weighted by Gasteiger charge is 2.16. The molecule has 0 fully saturated rings. The molecule has 2 aromatic carbocycles. The summed E-state index contributed by atoms with van der Waals surface area (Å²) in [7, 11) is 1.68. The van der Waals surface area contributed by atoms with Crippen LogP contribution in [0.5, 0.6) is 17.2 Å². The smallest absolute Gasteiger partial charge is 0.271 e. The Labute approximate surface area is 171 Å². The monoisotopic (exact) mass is 398 g/mol. The fourth-order valence-corrected chi connectivity index (χ4v) is 3.21. The van der Waals surface area contributed by atoms with Gasteiger partial charge in [0.2, 0.25) is 6.79 Å². The van der Waals surface area contributed by atoms with Crippen molar-refractivity contribution in [3.63, 3.8) is 0 Å². The molecule has 0 saturated heterocycles. The second-order valence-corrected chi connectivity index (χ2v) is 6.87. The van der Waals surface area contributed by atoms with E-state index in [-0.39, 0.29) is 12.7 Å². The summed E-state index contributed by atoms with van der Waals surface area (Å²) in [5.74, 6) is 1.77. The van der Waals surface area contributed by atoms with Crippen LogP contribution in [0.25, 0.3) is 0 Å². The lowest BCUT2D eigenvalue weighted by atomic mass is 10.1. The van der Waals surface area contributed by atoms with Gasteiger partial charge in [0.05, 0.1) is 25.9 Å². The molecule has 2 N–H and O–H groups in total. The van der Waals surface area contributed by atoms with E-state index in [4.69, 9.17) is 14.2 Å². The number of quaternary nitrogens is 1. The van der Waals surface area contributed by atoms with Crippen molar-refractivity contribution in [2.24, 2.45) is 5.10 Å². The van der Waals surface area contributed by atoms with E-state index < -0.39 is 0 Å². The molecule has 2 aromatic rings. The molecule has 1 heterocycles. The van der Waals surface area contributed by atoms with Gasteiger partial charge >= 0.3 is 0 Å². The summed E-state index contributed by atoms with van der Waals surface area (Å²) in [5, 5.41) is 4.28. The van der Waals surface area contributed by atoms with Crippen LogP contribution in [0, 0.1) is 0 Å². The van der Waals surface area contributed by atoms with Gasteiger partial charge in [0.1, 0.15) is 12.3 Å². The zero-order chi connectivity index (χ0) is 20.8. The Bertz CT molecular complexity index is 907. The summed E-state index contributed by atoms with van der Waals surface area (Å²) in [6, 6.07) is 11.0. The third kappa shape index (κ3) is 4.86. The predicted octanol–water partition coefficient (Wildman–Crippen LogP) is 2.00. The molecule has 7 heteroatoms. The number of fused-ring (bicyclic) bond motifs is 1. The number of nitrogens with one attached hydrogen (secondary N) is 2. The third-order valence-electron chi connectivity index (χ3n) is 5.10. The van der Waals surface area contributed by atoms with E-state index in [1.54, 1.807) is 25.3 Å². The number of rotatable bonds is 8. The van der Waals surface area contributed by atoms with E-state index in [0.29, 0.717) is 17.1 Å². The second kappa shape index (κ2) is 9.43. The average molecular weight is 398 g/mol. The predicted molar refractivity (Wildman–Crippen MR) is 111 cm³/mol. The van der Waals surface area contributed by atoms with Gasteiger partial charge < -0.3 is 19.1 Å². The van der Waals surface area contributed by atoms with Gasteiger partial charge in [0.25, 0.3) is 5.91 Å². The highest BCUT2D eigenvalue weighted by molar-refractivity contribution is 6.01. The summed E-state index contributed by atoms with van der Waals surface area (Å²) in [4.78, 5) is 13.9. The molecular weight excluding hydrogens is 370 g/mol. The Balaban J connectivity index is 1.74. The summed E-state index contributed by atoms with van der Waals surface area (Å²) in [5.41, 5.74) is 5.87. The Kier molecular flexibility index (Phi) is 6.72. The minimum atomic E-state index is -0.302. The number of benzene rings is 2. The number of hydrazone groups is 1. The van der Waals surface area contributed by atoms with Crippen molar-refractivity contribution in [1.82, 2.24) is 5.43 Å². The molecule has 29 heavy (non-hydrogen) atoms. The minimum absolute atomic E-state index is 0.173. The number of amides is 1. The van der Waals surface area contributed by atoms with Crippen molar-refractivity contribution in [3.8, 4) is 17.2 Å². The molecule has 0 atom stereocenters. The van der Waals surface area contributed by atoms with Crippen molar-refractivity contribution < 1.29 is 23.9 Å². The van der Waals surface area contributed by atoms with Crippen LogP contribution < -0.4 is 24.5 Å². The molecule has 154 valence electrons. The standard InChI is InChI=1S/C22H27N3O4/c1-5-25(6-2)13-18-11-16(7-9-19(18)27-4)15(3)23-24-22(26)17-8-10-20-21(12-17)29-14-28-20/h7-12H,5-6,13-14H2,1-4H3,(H,24,26)/p+1/b23-15-. The van der Waals surface area contributed by atoms with Crippen molar-refractivity contribution in [2.45, 2.75) is 27.3 Å². The van der Waals surface area contributed by atoms with E-state index in [0.717, 1.165) is 42.2 Å². The van der Waals surface area contributed by atoms with Crippen LogP contribution in [0.15, 0.2) is 41.5 Å². The van der Waals surface area contributed by atoms with Crippen LogP contribution in [0.3, 0.4) is 0 Å². The van der Waals surface area contributed by atoms with Crippen molar-refractivity contribution in [1.29, 1.82) is 0 Å². The van der Waals surface area contributed by atoms with Gasteiger partial charge in [-0.1, -0.05) is 0 Å². The number of carbonyl (C=O) groups is 1. The van der Waals surface area contributed by atoms with Crippen LogP contribution in [-0.4, -0.2) is 38.6 Å². The SMILES string of the molecule is CC[NH+](CC)Cc1cc(/C(C)=N\NC(=O)c2ccc3c(c2)OCO3)ccc1OC. The van der Waals surface area contributed by atoms with Crippen LogP contribution in [0.1, 0.15) is 42.3 Å². The molecule has 0 aliphatic carbocycles. The lowest BCUT2D eigenvalue weighted by Crippen LogP contribution is -3.10. The zero-order valence-electron chi connectivity index (χ0n) is 17.4. The van der Waals surface area contributed by atoms with Gasteiger partial charge in [-0.3, -0.25) is 4.79 Å². The Hall–Kier alpha value is -3.06. The molecule has 7 nitrogen and oxygen atoms in total. The first-order valence-electron chi connectivity index (χ1n) is 9.80. The van der Waals surface area contributed by atoms with E-state index in [1.165, 1.54) is 4.90 Å². The number of hydrogen-bond acceptors (Lipinski definition) is 5. The molecule has 3 rings (SSSR count). The molecule has 1 amide bonds. The minimum Gasteiger partial charge on any atom is -0.496 e. The highest BCUT2D eigenvalue weighted by Crippen LogP contribution is 2.32. The fraction of sp³-hybridized carbons (Fsp3) is 0.364. The lowest BCUT2D eigenvalue weighted by molar-refractivity contribution is -0.910. The molecule has 1 aliphatic rings.